The number of aryl methyl sites for hydroxylation is 1. The van der Waals surface area contributed by atoms with Gasteiger partial charge in [0.1, 0.15) is 10.5 Å². The van der Waals surface area contributed by atoms with Crippen LogP contribution in [0.3, 0.4) is 0 Å². The van der Waals surface area contributed by atoms with Crippen LogP contribution in [0.4, 0.5) is 5.69 Å². The lowest BCUT2D eigenvalue weighted by Gasteiger charge is -2.09. The summed E-state index contributed by atoms with van der Waals surface area (Å²) in [6.07, 6.45) is 0. The molecule has 0 saturated carbocycles. The van der Waals surface area contributed by atoms with Gasteiger partial charge in [-0.15, -0.1) is 16.4 Å². The van der Waals surface area contributed by atoms with Gasteiger partial charge < -0.3 is 5.32 Å². The number of hydrogen-bond acceptors (Lipinski definition) is 5. The smallest absolute Gasteiger partial charge is 0.255 e. The van der Waals surface area contributed by atoms with Crippen molar-refractivity contribution in [2.24, 2.45) is 0 Å². The number of hydrogen-bond donors (Lipinski definition) is 1. The predicted molar refractivity (Wildman–Crippen MR) is 116 cm³/mol. The first kappa shape index (κ1) is 17.5. The number of anilines is 1. The van der Waals surface area contributed by atoms with Gasteiger partial charge in [0.05, 0.1) is 21.4 Å². The van der Waals surface area contributed by atoms with E-state index >= 15 is 0 Å². The lowest BCUT2D eigenvalue weighted by Crippen LogP contribution is -2.12. The summed E-state index contributed by atoms with van der Waals surface area (Å²) < 4.78 is 2.92. The number of nitrogens with one attached hydrogen (secondary N) is 1. The second kappa shape index (κ2) is 7.10. The topological polar surface area (TPSA) is 72.7 Å². The summed E-state index contributed by atoms with van der Waals surface area (Å²) in [6.45, 7) is 2.74. The Hall–Kier alpha value is -3.58. The van der Waals surface area contributed by atoms with E-state index in [9.17, 15) is 4.79 Å². The maximum Gasteiger partial charge on any atom is 0.255 e. The van der Waals surface area contributed by atoms with Crippen LogP contribution < -0.4 is 5.32 Å². The number of thiazole rings is 1. The van der Waals surface area contributed by atoms with Gasteiger partial charge in [-0.05, 0) is 49.4 Å². The minimum Gasteiger partial charge on any atom is -0.321 e. The fourth-order valence-corrected chi connectivity index (χ4v) is 4.31. The number of nitrogens with zero attached hydrogens (tertiary/aromatic N) is 4. The molecular formula is C22H17N5OS. The molecule has 0 aliphatic rings. The van der Waals surface area contributed by atoms with Crippen LogP contribution in [0.25, 0.3) is 31.8 Å². The molecule has 142 valence electrons. The van der Waals surface area contributed by atoms with E-state index in [1.165, 1.54) is 0 Å². The summed E-state index contributed by atoms with van der Waals surface area (Å²) in [6, 6.07) is 21.2. The van der Waals surface area contributed by atoms with Crippen molar-refractivity contribution in [3.8, 4) is 10.6 Å². The van der Waals surface area contributed by atoms with Crippen molar-refractivity contribution in [3.63, 3.8) is 0 Å². The summed E-state index contributed by atoms with van der Waals surface area (Å²) in [7, 11) is 0. The maximum atomic E-state index is 12.9. The highest BCUT2D eigenvalue weighted by Gasteiger charge is 2.14. The standard InChI is InChI=1S/C22H17N5OS/c1-2-27-19-12-11-14(13-18(19)25-26-27)21(28)23-16-8-4-3-7-15(16)22-24-17-9-5-6-10-20(17)29-22/h3-13H,2H2,1H3,(H,23,28). The lowest BCUT2D eigenvalue weighted by molar-refractivity contribution is 0.102. The van der Waals surface area contributed by atoms with Gasteiger partial charge in [0.2, 0.25) is 0 Å². The Kier molecular flexibility index (Phi) is 4.29. The van der Waals surface area contributed by atoms with Gasteiger partial charge in [0, 0.05) is 17.7 Å². The fraction of sp³-hybridized carbons (Fsp3) is 0.0909. The summed E-state index contributed by atoms with van der Waals surface area (Å²) >= 11 is 1.61. The van der Waals surface area contributed by atoms with Crippen molar-refractivity contribution in [2.45, 2.75) is 13.5 Å². The number of fused-ring (bicyclic) bond motifs is 2. The molecule has 1 amide bonds. The van der Waals surface area contributed by atoms with Crippen molar-refractivity contribution >= 4 is 44.2 Å². The van der Waals surface area contributed by atoms with E-state index < -0.39 is 0 Å². The maximum absolute atomic E-state index is 12.9. The Morgan fingerprint density at radius 3 is 2.72 bits per heavy atom. The molecule has 5 rings (SSSR count). The molecule has 0 bridgehead atoms. The number of para-hydroxylation sites is 2. The molecule has 2 aromatic heterocycles. The third kappa shape index (κ3) is 3.15. The average Bonchev–Trinajstić information content (AvgIpc) is 3.37. The van der Waals surface area contributed by atoms with E-state index in [2.05, 4.69) is 21.7 Å². The molecule has 0 aliphatic carbocycles. The predicted octanol–water partition coefficient (Wildman–Crippen LogP) is 4.98. The number of aromatic nitrogens is 4. The molecule has 1 N–H and O–H groups in total. The van der Waals surface area contributed by atoms with Crippen molar-refractivity contribution < 1.29 is 4.79 Å². The van der Waals surface area contributed by atoms with Gasteiger partial charge in [0.25, 0.3) is 5.91 Å². The van der Waals surface area contributed by atoms with Crippen LogP contribution in [-0.2, 0) is 6.54 Å². The average molecular weight is 399 g/mol. The zero-order valence-corrected chi connectivity index (χ0v) is 16.5. The molecule has 0 unspecified atom stereocenters. The Morgan fingerprint density at radius 1 is 1.03 bits per heavy atom. The van der Waals surface area contributed by atoms with Crippen LogP contribution in [0, 0.1) is 0 Å². The highest BCUT2D eigenvalue weighted by molar-refractivity contribution is 7.21. The normalized spacial score (nSPS) is 11.2. The summed E-state index contributed by atoms with van der Waals surface area (Å²) in [5.41, 5.74) is 4.75. The second-order valence-electron chi connectivity index (χ2n) is 6.60. The Morgan fingerprint density at radius 2 is 1.86 bits per heavy atom. The highest BCUT2D eigenvalue weighted by Crippen LogP contribution is 2.34. The van der Waals surface area contributed by atoms with Gasteiger partial charge in [-0.25, -0.2) is 9.67 Å². The van der Waals surface area contributed by atoms with Crippen LogP contribution >= 0.6 is 11.3 Å². The first-order chi connectivity index (χ1) is 14.2. The third-order valence-electron chi connectivity index (χ3n) is 4.78. The van der Waals surface area contributed by atoms with Gasteiger partial charge in [-0.2, -0.15) is 0 Å². The van der Waals surface area contributed by atoms with E-state index in [0.29, 0.717) is 11.1 Å². The number of carbonyl (C=O) groups is 1. The van der Waals surface area contributed by atoms with Crippen molar-refractivity contribution in [1.82, 2.24) is 20.0 Å². The first-order valence-corrected chi connectivity index (χ1v) is 10.1. The van der Waals surface area contributed by atoms with Gasteiger partial charge >= 0.3 is 0 Å². The monoisotopic (exact) mass is 399 g/mol. The number of carbonyl (C=O) groups excluding carboxylic acids is 1. The molecule has 6 nitrogen and oxygen atoms in total. The summed E-state index contributed by atoms with van der Waals surface area (Å²) in [4.78, 5) is 17.6. The summed E-state index contributed by atoms with van der Waals surface area (Å²) in [5, 5.41) is 12.2. The molecular weight excluding hydrogens is 382 g/mol. The molecule has 0 saturated heterocycles. The van der Waals surface area contributed by atoms with Crippen LogP contribution in [0.5, 0.6) is 0 Å². The minimum atomic E-state index is -0.188. The Balaban J connectivity index is 1.48. The molecule has 0 spiro atoms. The number of rotatable bonds is 4. The second-order valence-corrected chi connectivity index (χ2v) is 7.63. The first-order valence-electron chi connectivity index (χ1n) is 9.32. The number of amides is 1. The van der Waals surface area contributed by atoms with E-state index in [0.717, 1.165) is 38.5 Å². The van der Waals surface area contributed by atoms with Gasteiger partial charge in [-0.3, -0.25) is 4.79 Å². The summed E-state index contributed by atoms with van der Waals surface area (Å²) in [5.74, 6) is -0.188. The molecule has 29 heavy (non-hydrogen) atoms. The van der Waals surface area contributed by atoms with Crippen molar-refractivity contribution in [1.29, 1.82) is 0 Å². The van der Waals surface area contributed by atoms with Crippen molar-refractivity contribution in [2.75, 3.05) is 5.32 Å². The lowest BCUT2D eigenvalue weighted by atomic mass is 10.1. The molecule has 0 atom stereocenters. The molecule has 0 radical (unpaired) electrons. The van der Waals surface area contributed by atoms with E-state index in [1.807, 2.05) is 55.5 Å². The van der Waals surface area contributed by atoms with E-state index in [1.54, 1.807) is 28.2 Å². The molecule has 7 heteroatoms. The molecule has 0 aliphatic heterocycles. The molecule has 2 heterocycles. The fourth-order valence-electron chi connectivity index (χ4n) is 3.31. The Bertz CT molecular complexity index is 1320. The zero-order valence-electron chi connectivity index (χ0n) is 15.7. The zero-order chi connectivity index (χ0) is 19.8. The van der Waals surface area contributed by atoms with Gasteiger partial charge in [0.15, 0.2) is 0 Å². The van der Waals surface area contributed by atoms with E-state index in [-0.39, 0.29) is 5.91 Å². The minimum absolute atomic E-state index is 0.188. The SMILES string of the molecule is CCn1nnc2cc(C(=O)Nc3ccccc3-c3nc4ccccc4s3)ccc21. The number of benzene rings is 3. The van der Waals surface area contributed by atoms with Crippen LogP contribution in [0.15, 0.2) is 66.7 Å². The quantitative estimate of drug-likeness (QED) is 0.463. The van der Waals surface area contributed by atoms with Crippen LogP contribution in [0.2, 0.25) is 0 Å². The molecule has 0 fully saturated rings. The Labute approximate surface area is 170 Å². The van der Waals surface area contributed by atoms with Gasteiger partial charge in [-0.1, -0.05) is 29.5 Å². The molecule has 3 aromatic carbocycles. The highest BCUT2D eigenvalue weighted by atomic mass is 32.1. The van der Waals surface area contributed by atoms with Crippen LogP contribution in [0.1, 0.15) is 17.3 Å². The van der Waals surface area contributed by atoms with Crippen LogP contribution in [-0.4, -0.2) is 25.9 Å². The largest absolute Gasteiger partial charge is 0.321 e. The van der Waals surface area contributed by atoms with Crippen molar-refractivity contribution in [3.05, 3.63) is 72.3 Å². The third-order valence-corrected chi connectivity index (χ3v) is 5.84. The molecule has 5 aromatic rings. The van der Waals surface area contributed by atoms with E-state index in [4.69, 9.17) is 4.98 Å².